The van der Waals surface area contributed by atoms with Gasteiger partial charge in [-0.3, -0.25) is 4.79 Å². The average molecular weight is 367 g/mol. The van der Waals surface area contributed by atoms with Crippen LogP contribution < -0.4 is 5.32 Å². The van der Waals surface area contributed by atoms with Crippen molar-refractivity contribution in [2.75, 3.05) is 18.1 Å². The van der Waals surface area contributed by atoms with Gasteiger partial charge in [0.1, 0.15) is 0 Å². The first-order valence-corrected chi connectivity index (χ1v) is 10.1. The molecule has 0 radical (unpaired) electrons. The Balaban J connectivity index is 2.03. The van der Waals surface area contributed by atoms with Crippen molar-refractivity contribution in [3.05, 3.63) is 33.4 Å². The van der Waals surface area contributed by atoms with Crippen LogP contribution in [0, 0.1) is 34.6 Å². The molecule has 0 bridgehead atoms. The van der Waals surface area contributed by atoms with Crippen molar-refractivity contribution in [1.82, 2.24) is 5.32 Å². The molecule has 1 aliphatic heterocycles. The van der Waals surface area contributed by atoms with Crippen LogP contribution in [0.25, 0.3) is 0 Å². The number of esters is 1. The molecule has 1 heterocycles. The summed E-state index contributed by atoms with van der Waals surface area (Å²) in [5.41, 5.74) is 5.43. The minimum Gasteiger partial charge on any atom is -0.452 e. The Labute approximate surface area is 148 Å². The molecule has 0 aromatic heterocycles. The van der Waals surface area contributed by atoms with Gasteiger partial charge in [0, 0.05) is 6.04 Å². The number of rotatable bonds is 4. The van der Waals surface area contributed by atoms with Crippen LogP contribution in [0.1, 0.15) is 44.6 Å². The van der Waals surface area contributed by atoms with E-state index >= 15 is 0 Å². The Morgan fingerprint density at radius 1 is 1.00 bits per heavy atom. The van der Waals surface area contributed by atoms with E-state index in [1.54, 1.807) is 0 Å². The summed E-state index contributed by atoms with van der Waals surface area (Å²) in [4.78, 5) is 24.4. The van der Waals surface area contributed by atoms with Crippen LogP contribution in [0.4, 0.5) is 0 Å². The summed E-state index contributed by atoms with van der Waals surface area (Å²) in [6.45, 7) is 9.26. The average Bonchev–Trinajstić information content (AvgIpc) is 2.88. The quantitative estimate of drug-likeness (QED) is 0.818. The zero-order chi connectivity index (χ0) is 18.9. The molecule has 0 spiro atoms. The molecular weight excluding hydrogens is 342 g/mol. The predicted molar refractivity (Wildman–Crippen MR) is 95.6 cm³/mol. The fraction of sp³-hybridized carbons (Fsp3) is 0.556. The lowest BCUT2D eigenvalue weighted by Crippen LogP contribution is -2.38. The SMILES string of the molecule is Cc1c(C)c(C)c(C(=O)OCC(=O)NC2CCS(=O)(=O)C2)c(C)c1C. The second-order valence-corrected chi connectivity index (χ2v) is 8.97. The molecule has 1 amide bonds. The van der Waals surface area contributed by atoms with Crippen LogP contribution in [0.2, 0.25) is 0 Å². The fourth-order valence-corrected chi connectivity index (χ4v) is 4.86. The van der Waals surface area contributed by atoms with Crippen LogP contribution >= 0.6 is 0 Å². The van der Waals surface area contributed by atoms with Crippen molar-refractivity contribution in [2.45, 2.75) is 47.1 Å². The maximum atomic E-state index is 12.4. The highest BCUT2D eigenvalue weighted by molar-refractivity contribution is 7.91. The molecule has 1 unspecified atom stereocenters. The molecule has 1 atom stereocenters. The van der Waals surface area contributed by atoms with E-state index in [0.29, 0.717) is 12.0 Å². The lowest BCUT2D eigenvalue weighted by Gasteiger charge is -2.18. The summed E-state index contributed by atoms with van der Waals surface area (Å²) in [5, 5.41) is 2.61. The number of ether oxygens (including phenoxy) is 1. The zero-order valence-electron chi connectivity index (χ0n) is 15.4. The van der Waals surface area contributed by atoms with Gasteiger partial charge in [0.25, 0.3) is 5.91 Å². The highest BCUT2D eigenvalue weighted by Crippen LogP contribution is 2.26. The molecule has 25 heavy (non-hydrogen) atoms. The van der Waals surface area contributed by atoms with Gasteiger partial charge in [0.2, 0.25) is 0 Å². The number of hydrogen-bond donors (Lipinski definition) is 1. The number of hydrogen-bond acceptors (Lipinski definition) is 5. The molecule has 7 heteroatoms. The van der Waals surface area contributed by atoms with Gasteiger partial charge in [-0.2, -0.15) is 0 Å². The summed E-state index contributed by atoms with van der Waals surface area (Å²) in [6.07, 6.45) is 0.399. The van der Waals surface area contributed by atoms with Gasteiger partial charge in [-0.25, -0.2) is 13.2 Å². The number of benzene rings is 1. The standard InChI is InChI=1S/C18H25NO5S/c1-10-11(2)13(4)17(14(5)12(10)3)18(21)24-8-16(20)19-15-6-7-25(22,23)9-15/h15H,6-9H2,1-5H3,(H,19,20). The van der Waals surface area contributed by atoms with Crippen molar-refractivity contribution >= 4 is 21.7 Å². The van der Waals surface area contributed by atoms with E-state index in [9.17, 15) is 18.0 Å². The van der Waals surface area contributed by atoms with Crippen LogP contribution in [0.3, 0.4) is 0 Å². The monoisotopic (exact) mass is 367 g/mol. The van der Waals surface area contributed by atoms with Gasteiger partial charge in [0.15, 0.2) is 16.4 Å². The number of amides is 1. The van der Waals surface area contributed by atoms with Gasteiger partial charge in [-0.15, -0.1) is 0 Å². The normalized spacial score (nSPS) is 18.8. The summed E-state index contributed by atoms with van der Waals surface area (Å²) >= 11 is 0. The van der Waals surface area contributed by atoms with Crippen molar-refractivity contribution in [2.24, 2.45) is 0 Å². The Morgan fingerprint density at radius 2 is 1.52 bits per heavy atom. The molecule has 0 aliphatic carbocycles. The van der Waals surface area contributed by atoms with Crippen LogP contribution in [-0.2, 0) is 19.4 Å². The van der Waals surface area contributed by atoms with Crippen LogP contribution in [0.15, 0.2) is 0 Å². The number of sulfone groups is 1. The maximum absolute atomic E-state index is 12.4. The molecule has 0 saturated carbocycles. The molecule has 1 aromatic carbocycles. The van der Waals surface area contributed by atoms with Crippen molar-refractivity contribution < 1.29 is 22.7 Å². The second kappa shape index (κ2) is 7.15. The van der Waals surface area contributed by atoms with Gasteiger partial charge < -0.3 is 10.1 Å². The molecular formula is C18H25NO5S. The van der Waals surface area contributed by atoms with Crippen molar-refractivity contribution in [3.8, 4) is 0 Å². The maximum Gasteiger partial charge on any atom is 0.339 e. The Bertz CT molecular complexity index is 797. The Morgan fingerprint density at radius 3 is 2.00 bits per heavy atom. The molecule has 1 N–H and O–H groups in total. The minimum atomic E-state index is -3.06. The first kappa shape index (κ1) is 19.4. The topological polar surface area (TPSA) is 89.5 Å². The first-order valence-electron chi connectivity index (χ1n) is 8.27. The molecule has 1 aromatic rings. The highest BCUT2D eigenvalue weighted by Gasteiger charge is 2.29. The summed E-state index contributed by atoms with van der Waals surface area (Å²) < 4.78 is 28.0. The lowest BCUT2D eigenvalue weighted by atomic mass is 9.90. The molecule has 6 nitrogen and oxygen atoms in total. The first-order chi connectivity index (χ1) is 11.5. The Kier molecular flexibility index (Phi) is 5.56. The largest absolute Gasteiger partial charge is 0.452 e. The third-order valence-electron chi connectivity index (χ3n) is 5.14. The number of nitrogens with one attached hydrogen (secondary N) is 1. The fourth-order valence-electron chi connectivity index (χ4n) is 3.19. The van der Waals surface area contributed by atoms with Crippen LogP contribution in [0.5, 0.6) is 0 Å². The van der Waals surface area contributed by atoms with E-state index in [-0.39, 0.29) is 11.5 Å². The van der Waals surface area contributed by atoms with E-state index in [4.69, 9.17) is 4.74 Å². The smallest absolute Gasteiger partial charge is 0.339 e. The summed E-state index contributed by atoms with van der Waals surface area (Å²) in [6, 6.07) is -0.400. The predicted octanol–water partition coefficient (Wildman–Crippen LogP) is 1.69. The third-order valence-corrected chi connectivity index (χ3v) is 6.90. The van der Waals surface area contributed by atoms with Gasteiger partial charge in [-0.05, 0) is 68.9 Å². The van der Waals surface area contributed by atoms with E-state index < -0.39 is 34.4 Å². The van der Waals surface area contributed by atoms with Gasteiger partial charge in [0.05, 0.1) is 17.1 Å². The molecule has 1 aliphatic rings. The molecule has 1 fully saturated rings. The Hall–Kier alpha value is -1.89. The van der Waals surface area contributed by atoms with Gasteiger partial charge >= 0.3 is 5.97 Å². The summed E-state index contributed by atoms with van der Waals surface area (Å²) in [7, 11) is -3.06. The number of carbonyl (C=O) groups is 2. The molecule has 138 valence electrons. The minimum absolute atomic E-state index is 0.0543. The van der Waals surface area contributed by atoms with Crippen LogP contribution in [-0.4, -0.2) is 44.4 Å². The summed E-state index contributed by atoms with van der Waals surface area (Å²) in [5.74, 6) is -0.985. The lowest BCUT2D eigenvalue weighted by molar-refractivity contribution is -0.124. The van der Waals surface area contributed by atoms with Gasteiger partial charge in [-0.1, -0.05) is 0 Å². The van der Waals surface area contributed by atoms with E-state index in [1.807, 2.05) is 34.6 Å². The van der Waals surface area contributed by atoms with Crippen molar-refractivity contribution in [1.29, 1.82) is 0 Å². The third kappa shape index (κ3) is 4.21. The zero-order valence-corrected chi connectivity index (χ0v) is 16.2. The number of carbonyl (C=O) groups excluding carboxylic acids is 2. The van der Waals surface area contributed by atoms with E-state index in [2.05, 4.69) is 5.32 Å². The highest BCUT2D eigenvalue weighted by atomic mass is 32.2. The van der Waals surface area contributed by atoms with E-state index in [0.717, 1.165) is 27.8 Å². The van der Waals surface area contributed by atoms with Crippen molar-refractivity contribution in [3.63, 3.8) is 0 Å². The second-order valence-electron chi connectivity index (χ2n) is 6.74. The molecule has 1 saturated heterocycles. The molecule has 2 rings (SSSR count). The van der Waals surface area contributed by atoms with E-state index in [1.165, 1.54) is 0 Å².